The van der Waals surface area contributed by atoms with E-state index in [2.05, 4.69) is 10.3 Å². The van der Waals surface area contributed by atoms with Crippen LogP contribution in [0.1, 0.15) is 17.2 Å². The van der Waals surface area contributed by atoms with Crippen LogP contribution in [0.4, 0.5) is 0 Å². The third kappa shape index (κ3) is 1.32. The molecule has 0 spiro atoms. The van der Waals surface area contributed by atoms with Crippen LogP contribution in [0.5, 0.6) is 5.88 Å². The number of nitrogens with zero attached hydrogens (tertiary/aromatic N) is 1. The number of hydrogen-bond acceptors (Lipinski definition) is 4. The molecule has 4 heteroatoms. The van der Waals surface area contributed by atoms with E-state index >= 15 is 0 Å². The van der Waals surface area contributed by atoms with Gasteiger partial charge >= 0.3 is 0 Å². The summed E-state index contributed by atoms with van der Waals surface area (Å²) in [5.41, 5.74) is 1.86. The molecule has 2 rings (SSSR count). The lowest BCUT2D eigenvalue weighted by Gasteiger charge is -2.20. The van der Waals surface area contributed by atoms with Gasteiger partial charge in [-0.25, -0.2) is 4.98 Å². The zero-order valence-electron chi connectivity index (χ0n) is 7.04. The van der Waals surface area contributed by atoms with Crippen LogP contribution < -0.4 is 10.1 Å². The van der Waals surface area contributed by atoms with Crippen LogP contribution in [-0.2, 0) is 0 Å². The number of ether oxygens (including phenoxy) is 1. The van der Waals surface area contributed by atoms with Crippen molar-refractivity contribution in [3.8, 4) is 5.88 Å². The van der Waals surface area contributed by atoms with Crippen molar-refractivity contribution in [1.82, 2.24) is 10.3 Å². The highest BCUT2D eigenvalue weighted by Crippen LogP contribution is 2.35. The number of fused-ring (bicyclic) bond motifs is 1. The Morgan fingerprint density at radius 3 is 3.58 bits per heavy atom. The first-order chi connectivity index (χ1) is 5.92. The van der Waals surface area contributed by atoms with Gasteiger partial charge in [0.25, 0.3) is 0 Å². The van der Waals surface area contributed by atoms with Gasteiger partial charge in [-0.3, -0.25) is 0 Å². The van der Waals surface area contributed by atoms with Crippen LogP contribution in [0.15, 0.2) is 5.51 Å². The Morgan fingerprint density at radius 2 is 2.75 bits per heavy atom. The summed E-state index contributed by atoms with van der Waals surface area (Å²) in [7, 11) is 1.98. The van der Waals surface area contributed by atoms with Crippen LogP contribution in [0.3, 0.4) is 0 Å². The van der Waals surface area contributed by atoms with Crippen molar-refractivity contribution < 1.29 is 4.74 Å². The van der Waals surface area contributed by atoms with Gasteiger partial charge in [-0.2, -0.15) is 0 Å². The summed E-state index contributed by atoms with van der Waals surface area (Å²) in [6.45, 7) is 1.83. The quantitative estimate of drug-likeness (QED) is 0.750. The summed E-state index contributed by atoms with van der Waals surface area (Å²) < 4.78 is 5.41. The van der Waals surface area contributed by atoms with Gasteiger partial charge in [0.2, 0.25) is 5.88 Å². The molecule has 3 nitrogen and oxygen atoms in total. The van der Waals surface area contributed by atoms with Gasteiger partial charge in [-0.15, -0.1) is 11.3 Å². The highest BCUT2D eigenvalue weighted by atomic mass is 32.1. The molecule has 1 atom stereocenters. The van der Waals surface area contributed by atoms with E-state index < -0.39 is 0 Å². The molecule has 12 heavy (non-hydrogen) atoms. The molecule has 2 heterocycles. The highest BCUT2D eigenvalue weighted by Gasteiger charge is 2.22. The molecule has 0 saturated carbocycles. The lowest BCUT2D eigenvalue weighted by Crippen LogP contribution is -2.22. The molecule has 1 N–H and O–H groups in total. The summed E-state index contributed by atoms with van der Waals surface area (Å²) in [4.78, 5) is 5.46. The van der Waals surface area contributed by atoms with E-state index in [4.69, 9.17) is 4.74 Å². The molecule has 1 aromatic rings. The maximum absolute atomic E-state index is 5.41. The molecule has 1 aliphatic heterocycles. The maximum atomic E-state index is 5.41. The topological polar surface area (TPSA) is 34.1 Å². The van der Waals surface area contributed by atoms with E-state index in [0.717, 1.165) is 25.5 Å². The van der Waals surface area contributed by atoms with Crippen LogP contribution in [-0.4, -0.2) is 25.2 Å². The fourth-order valence-electron chi connectivity index (χ4n) is 1.49. The van der Waals surface area contributed by atoms with Crippen LogP contribution in [0, 0.1) is 0 Å². The lowest BCUT2D eigenvalue weighted by atomic mass is 10.0. The zero-order chi connectivity index (χ0) is 8.39. The average molecular weight is 184 g/mol. The van der Waals surface area contributed by atoms with E-state index in [9.17, 15) is 0 Å². The summed E-state index contributed by atoms with van der Waals surface area (Å²) in [5.74, 6) is 1.46. The van der Waals surface area contributed by atoms with Crippen molar-refractivity contribution in [2.45, 2.75) is 12.3 Å². The first kappa shape index (κ1) is 8.01. The SMILES string of the molecule is CNCC1CCOc2ncsc21. The Kier molecular flexibility index (Phi) is 2.28. The molecular formula is C8H12N2OS. The lowest BCUT2D eigenvalue weighted by molar-refractivity contribution is 0.259. The van der Waals surface area contributed by atoms with E-state index in [-0.39, 0.29) is 0 Å². The zero-order valence-corrected chi connectivity index (χ0v) is 7.86. The van der Waals surface area contributed by atoms with E-state index in [0.29, 0.717) is 5.92 Å². The van der Waals surface area contributed by atoms with Gasteiger partial charge in [-0.1, -0.05) is 0 Å². The van der Waals surface area contributed by atoms with Gasteiger partial charge in [0.05, 0.1) is 17.0 Å². The molecule has 0 aliphatic carbocycles. The second-order valence-corrected chi connectivity index (χ2v) is 3.80. The van der Waals surface area contributed by atoms with Gasteiger partial charge < -0.3 is 10.1 Å². The molecule has 0 bridgehead atoms. The molecule has 66 valence electrons. The van der Waals surface area contributed by atoms with Crippen LogP contribution >= 0.6 is 11.3 Å². The average Bonchev–Trinajstić information content (AvgIpc) is 2.53. The second kappa shape index (κ2) is 3.41. The van der Waals surface area contributed by atoms with E-state index in [1.165, 1.54) is 4.88 Å². The fraction of sp³-hybridized carbons (Fsp3) is 0.625. The Balaban J connectivity index is 2.19. The second-order valence-electron chi connectivity index (χ2n) is 2.91. The number of hydrogen-bond donors (Lipinski definition) is 1. The van der Waals surface area contributed by atoms with Gasteiger partial charge in [-0.05, 0) is 13.5 Å². The number of thiazole rings is 1. The van der Waals surface area contributed by atoms with Gasteiger partial charge in [0.15, 0.2) is 0 Å². The predicted molar refractivity (Wildman–Crippen MR) is 48.9 cm³/mol. The van der Waals surface area contributed by atoms with E-state index in [1.807, 2.05) is 12.6 Å². The Bertz CT molecular complexity index is 261. The van der Waals surface area contributed by atoms with Crippen LogP contribution in [0.2, 0.25) is 0 Å². The molecular weight excluding hydrogens is 172 g/mol. The minimum absolute atomic E-state index is 0.603. The standard InChI is InChI=1S/C8H12N2OS/c1-9-4-6-2-3-11-8-7(6)12-5-10-8/h5-6,9H,2-4H2,1H3. The number of rotatable bonds is 2. The summed E-state index contributed by atoms with van der Waals surface area (Å²) in [5, 5.41) is 3.19. The molecule has 1 aliphatic rings. The molecule has 0 saturated heterocycles. The third-order valence-corrected chi connectivity index (χ3v) is 3.06. The van der Waals surface area contributed by atoms with Crippen LogP contribution in [0.25, 0.3) is 0 Å². The van der Waals surface area contributed by atoms with Crippen molar-refractivity contribution in [3.63, 3.8) is 0 Å². The maximum Gasteiger partial charge on any atom is 0.227 e. The largest absolute Gasteiger partial charge is 0.477 e. The first-order valence-corrected chi connectivity index (χ1v) is 5.00. The monoisotopic (exact) mass is 184 g/mol. The van der Waals surface area contributed by atoms with Crippen molar-refractivity contribution >= 4 is 11.3 Å². The molecule has 0 radical (unpaired) electrons. The first-order valence-electron chi connectivity index (χ1n) is 4.12. The molecule has 1 aromatic heterocycles. The predicted octanol–water partition coefficient (Wildman–Crippen LogP) is 1.23. The van der Waals surface area contributed by atoms with Gasteiger partial charge in [0, 0.05) is 12.5 Å². The van der Waals surface area contributed by atoms with Crippen molar-refractivity contribution in [3.05, 3.63) is 10.4 Å². The molecule has 0 aromatic carbocycles. The fourth-order valence-corrected chi connectivity index (χ4v) is 2.36. The smallest absolute Gasteiger partial charge is 0.227 e. The minimum Gasteiger partial charge on any atom is -0.477 e. The summed E-state index contributed by atoms with van der Waals surface area (Å²) in [6.07, 6.45) is 1.11. The van der Waals surface area contributed by atoms with Gasteiger partial charge in [0.1, 0.15) is 0 Å². The molecule has 1 unspecified atom stereocenters. The Labute approximate surface area is 75.8 Å². The highest BCUT2D eigenvalue weighted by molar-refractivity contribution is 7.10. The third-order valence-electron chi connectivity index (χ3n) is 2.09. The van der Waals surface area contributed by atoms with E-state index in [1.54, 1.807) is 11.3 Å². The Morgan fingerprint density at radius 1 is 1.83 bits per heavy atom. The summed E-state index contributed by atoms with van der Waals surface area (Å²) >= 11 is 1.70. The number of aromatic nitrogens is 1. The molecule has 0 fully saturated rings. The Hall–Kier alpha value is -0.610. The number of likely N-dealkylation sites (N-methyl/N-ethyl adjacent to an activating group) is 1. The summed E-state index contributed by atoms with van der Waals surface area (Å²) in [6, 6.07) is 0. The normalized spacial score (nSPS) is 21.6. The molecule has 0 amide bonds. The van der Waals surface area contributed by atoms with Crippen molar-refractivity contribution in [2.75, 3.05) is 20.2 Å². The minimum atomic E-state index is 0.603. The van der Waals surface area contributed by atoms with Crippen molar-refractivity contribution in [1.29, 1.82) is 0 Å². The number of nitrogens with one attached hydrogen (secondary N) is 1. The van der Waals surface area contributed by atoms with Crippen molar-refractivity contribution in [2.24, 2.45) is 0 Å².